The molecule has 0 amide bonds. The molecule has 1 N–H and O–H groups in total. The van der Waals surface area contributed by atoms with Gasteiger partial charge in [0.2, 0.25) is 0 Å². The first-order chi connectivity index (χ1) is 11.3. The third-order valence-electron chi connectivity index (χ3n) is 3.22. The number of hydrogen-bond donors (Lipinski definition) is 1. The summed E-state index contributed by atoms with van der Waals surface area (Å²) < 4.78 is 5.07. The molecule has 2 aromatic heterocycles. The number of nitro benzene ring substituents is 1. The van der Waals surface area contributed by atoms with E-state index >= 15 is 0 Å². The van der Waals surface area contributed by atoms with E-state index in [1.165, 1.54) is 29.5 Å². The fourth-order valence-electron chi connectivity index (χ4n) is 2.17. The summed E-state index contributed by atoms with van der Waals surface area (Å²) in [6, 6.07) is 3.78. The molecular weight excluding hydrogens is 334 g/mol. The van der Waals surface area contributed by atoms with Crippen LogP contribution in [0.5, 0.6) is 0 Å². The summed E-state index contributed by atoms with van der Waals surface area (Å²) in [6.45, 7) is 3.56. The smallest absolute Gasteiger partial charge is 0.362 e. The first kappa shape index (κ1) is 15.8. The second kappa shape index (κ2) is 5.85. The van der Waals surface area contributed by atoms with Gasteiger partial charge in [0.25, 0.3) is 5.69 Å². The fraction of sp³-hybridized carbons (Fsp3) is 0.133. The molecule has 8 nitrogen and oxygen atoms in total. The SMILES string of the molecule is Cc1nc(C)c(C(O)=Cc2nc3ccc([N+](=O)[O-])cc3oc2=O)s1. The molecule has 0 aliphatic rings. The molecule has 0 unspecified atom stereocenters. The van der Waals surface area contributed by atoms with Crippen LogP contribution in [0.1, 0.15) is 21.3 Å². The van der Waals surface area contributed by atoms with Gasteiger partial charge in [0, 0.05) is 12.1 Å². The number of rotatable bonds is 3. The topological polar surface area (TPSA) is 119 Å². The van der Waals surface area contributed by atoms with Crippen LogP contribution in [0.15, 0.2) is 27.4 Å². The van der Waals surface area contributed by atoms with Gasteiger partial charge in [0.05, 0.1) is 26.6 Å². The van der Waals surface area contributed by atoms with Crippen molar-refractivity contribution < 1.29 is 14.4 Å². The maximum Gasteiger partial charge on any atom is 0.362 e. The van der Waals surface area contributed by atoms with Crippen molar-refractivity contribution in [2.45, 2.75) is 13.8 Å². The zero-order valence-electron chi connectivity index (χ0n) is 12.6. The third kappa shape index (κ3) is 2.88. The number of aryl methyl sites for hydroxylation is 2. The normalized spacial score (nSPS) is 11.8. The average Bonchev–Trinajstić information content (AvgIpc) is 2.86. The minimum absolute atomic E-state index is 0.00987. The van der Waals surface area contributed by atoms with Gasteiger partial charge in [-0.1, -0.05) is 0 Å². The lowest BCUT2D eigenvalue weighted by molar-refractivity contribution is -0.384. The molecular formula is C15H11N3O5S. The summed E-state index contributed by atoms with van der Waals surface area (Å²) in [6.07, 6.45) is 1.20. The number of hydrogen-bond acceptors (Lipinski definition) is 8. The Morgan fingerprint density at radius 1 is 1.38 bits per heavy atom. The zero-order chi connectivity index (χ0) is 17.4. The van der Waals surface area contributed by atoms with Crippen molar-refractivity contribution in [2.24, 2.45) is 0 Å². The molecule has 0 aliphatic carbocycles. The Morgan fingerprint density at radius 3 is 2.75 bits per heavy atom. The van der Waals surface area contributed by atoms with Crippen molar-refractivity contribution in [2.75, 3.05) is 0 Å². The van der Waals surface area contributed by atoms with Gasteiger partial charge in [-0.2, -0.15) is 0 Å². The third-order valence-corrected chi connectivity index (χ3v) is 4.31. The molecule has 2 heterocycles. The number of aromatic nitrogens is 2. The number of non-ortho nitro benzene ring substituents is 1. The highest BCUT2D eigenvalue weighted by Crippen LogP contribution is 2.25. The van der Waals surface area contributed by atoms with Crippen molar-refractivity contribution in [1.82, 2.24) is 9.97 Å². The molecule has 0 saturated heterocycles. The van der Waals surface area contributed by atoms with Crippen LogP contribution in [-0.4, -0.2) is 20.0 Å². The van der Waals surface area contributed by atoms with Gasteiger partial charge >= 0.3 is 5.63 Å². The van der Waals surface area contributed by atoms with Crippen molar-refractivity contribution in [1.29, 1.82) is 0 Å². The maximum atomic E-state index is 12.0. The van der Waals surface area contributed by atoms with Crippen LogP contribution in [0.3, 0.4) is 0 Å². The summed E-state index contributed by atoms with van der Waals surface area (Å²) in [5.41, 5.74) is -0.166. The number of nitrogens with zero attached hydrogens (tertiary/aromatic N) is 3. The molecule has 0 fully saturated rings. The summed E-state index contributed by atoms with van der Waals surface area (Å²) in [5, 5.41) is 21.7. The number of benzene rings is 1. The summed E-state index contributed by atoms with van der Waals surface area (Å²) in [4.78, 5) is 31.0. The van der Waals surface area contributed by atoms with E-state index in [2.05, 4.69) is 9.97 Å². The Bertz CT molecular complexity index is 1050. The molecule has 0 aliphatic heterocycles. The maximum absolute atomic E-state index is 12.0. The van der Waals surface area contributed by atoms with E-state index in [4.69, 9.17) is 4.42 Å². The minimum atomic E-state index is -0.798. The Labute approximate surface area is 138 Å². The van der Waals surface area contributed by atoms with E-state index in [0.29, 0.717) is 10.6 Å². The summed E-state index contributed by atoms with van der Waals surface area (Å²) in [5.74, 6) is -0.140. The Hall–Kier alpha value is -3.07. The van der Waals surface area contributed by atoms with Crippen molar-refractivity contribution >= 4 is 40.0 Å². The number of fused-ring (bicyclic) bond motifs is 1. The number of aliphatic hydroxyl groups is 1. The molecule has 0 bridgehead atoms. The lowest BCUT2D eigenvalue weighted by atomic mass is 10.2. The fourth-order valence-corrected chi connectivity index (χ4v) is 3.01. The van der Waals surface area contributed by atoms with Crippen molar-refractivity contribution in [3.8, 4) is 0 Å². The standard InChI is InChI=1S/C15H11N3O5S/c1-7-14(24-8(2)16-7)12(19)6-11-15(20)23-13-5-9(18(21)22)3-4-10(13)17-11/h3-6,19H,1-2H3. The summed E-state index contributed by atoms with van der Waals surface area (Å²) in [7, 11) is 0. The number of nitro groups is 1. The van der Waals surface area contributed by atoms with E-state index < -0.39 is 10.5 Å². The Kier molecular flexibility index (Phi) is 3.86. The highest BCUT2D eigenvalue weighted by atomic mass is 32.1. The highest BCUT2D eigenvalue weighted by Gasteiger charge is 2.14. The average molecular weight is 345 g/mol. The van der Waals surface area contributed by atoms with Gasteiger partial charge in [-0.15, -0.1) is 11.3 Å². The summed E-state index contributed by atoms with van der Waals surface area (Å²) >= 11 is 1.29. The minimum Gasteiger partial charge on any atom is -0.506 e. The molecule has 3 rings (SSSR count). The number of thiazole rings is 1. The zero-order valence-corrected chi connectivity index (χ0v) is 13.5. The van der Waals surface area contributed by atoms with E-state index in [9.17, 15) is 20.0 Å². The quantitative estimate of drug-likeness (QED) is 0.439. The van der Waals surface area contributed by atoms with E-state index in [0.717, 1.165) is 11.1 Å². The van der Waals surface area contributed by atoms with Gasteiger partial charge in [0.15, 0.2) is 11.3 Å². The lowest BCUT2D eigenvalue weighted by Crippen LogP contribution is -2.06. The van der Waals surface area contributed by atoms with Gasteiger partial charge in [-0.05, 0) is 19.9 Å². The van der Waals surface area contributed by atoms with Gasteiger partial charge < -0.3 is 9.52 Å². The molecule has 1 aromatic carbocycles. The molecule has 9 heteroatoms. The molecule has 3 aromatic rings. The molecule has 0 saturated carbocycles. The largest absolute Gasteiger partial charge is 0.506 e. The van der Waals surface area contributed by atoms with E-state index in [1.54, 1.807) is 6.92 Å². The van der Waals surface area contributed by atoms with Crippen molar-refractivity contribution in [3.63, 3.8) is 0 Å². The predicted molar refractivity (Wildman–Crippen MR) is 89.0 cm³/mol. The van der Waals surface area contributed by atoms with Gasteiger partial charge in [0.1, 0.15) is 11.3 Å². The van der Waals surface area contributed by atoms with Crippen LogP contribution in [0.4, 0.5) is 5.69 Å². The van der Waals surface area contributed by atoms with Crippen LogP contribution in [0.25, 0.3) is 22.9 Å². The Balaban J connectivity index is 2.10. The lowest BCUT2D eigenvalue weighted by Gasteiger charge is -2.00. The van der Waals surface area contributed by atoms with Gasteiger partial charge in [-0.25, -0.2) is 14.8 Å². The molecule has 0 radical (unpaired) electrons. The van der Waals surface area contributed by atoms with E-state index in [1.807, 2.05) is 6.92 Å². The molecule has 24 heavy (non-hydrogen) atoms. The van der Waals surface area contributed by atoms with E-state index in [-0.39, 0.29) is 28.2 Å². The van der Waals surface area contributed by atoms with Crippen LogP contribution in [0.2, 0.25) is 0 Å². The Morgan fingerprint density at radius 2 is 2.12 bits per heavy atom. The van der Waals surface area contributed by atoms with Crippen LogP contribution in [-0.2, 0) is 0 Å². The second-order valence-corrected chi connectivity index (χ2v) is 6.18. The first-order valence-electron chi connectivity index (χ1n) is 6.79. The second-order valence-electron chi connectivity index (χ2n) is 4.97. The molecule has 0 atom stereocenters. The number of aliphatic hydroxyl groups excluding tert-OH is 1. The van der Waals surface area contributed by atoms with Crippen molar-refractivity contribution in [3.05, 3.63) is 60.0 Å². The van der Waals surface area contributed by atoms with Crippen LogP contribution < -0.4 is 5.63 Å². The molecule has 0 spiro atoms. The first-order valence-corrected chi connectivity index (χ1v) is 7.61. The molecule has 122 valence electrons. The van der Waals surface area contributed by atoms with Crippen LogP contribution in [0, 0.1) is 24.0 Å². The van der Waals surface area contributed by atoms with Crippen LogP contribution >= 0.6 is 11.3 Å². The monoisotopic (exact) mass is 345 g/mol. The highest BCUT2D eigenvalue weighted by molar-refractivity contribution is 7.12. The van der Waals surface area contributed by atoms with Gasteiger partial charge in [-0.3, -0.25) is 10.1 Å². The predicted octanol–water partition coefficient (Wildman–Crippen LogP) is 3.23.